The molecule has 116 valence electrons. The summed E-state index contributed by atoms with van der Waals surface area (Å²) in [5, 5.41) is 20.9. The summed E-state index contributed by atoms with van der Waals surface area (Å²) in [7, 11) is 0. The zero-order valence-corrected chi connectivity index (χ0v) is 12.0. The molecule has 0 fully saturated rings. The first-order chi connectivity index (χ1) is 10.5. The van der Waals surface area contributed by atoms with Gasteiger partial charge < -0.3 is 15.2 Å². The van der Waals surface area contributed by atoms with E-state index in [1.54, 1.807) is 24.3 Å². The van der Waals surface area contributed by atoms with Crippen molar-refractivity contribution in [2.45, 2.75) is 25.8 Å². The molecule has 0 aliphatic heterocycles. The molecule has 0 saturated heterocycles. The van der Waals surface area contributed by atoms with Crippen LogP contribution in [0.15, 0.2) is 29.1 Å². The van der Waals surface area contributed by atoms with Crippen molar-refractivity contribution in [1.29, 1.82) is 0 Å². The van der Waals surface area contributed by atoms with Crippen LogP contribution in [0.4, 0.5) is 0 Å². The lowest BCUT2D eigenvalue weighted by Gasteiger charge is -2.13. The number of amides is 1. The Morgan fingerprint density at radius 2 is 2.09 bits per heavy atom. The van der Waals surface area contributed by atoms with Gasteiger partial charge in [0.25, 0.3) is 5.56 Å². The molecular weight excluding hydrogens is 288 g/mol. The number of nitrogens with one attached hydrogen (secondary N) is 1. The van der Waals surface area contributed by atoms with Gasteiger partial charge in [-0.3, -0.25) is 9.59 Å². The summed E-state index contributed by atoms with van der Waals surface area (Å²) < 4.78 is 1.01. The van der Waals surface area contributed by atoms with Crippen LogP contribution in [0.3, 0.4) is 0 Å². The zero-order valence-electron chi connectivity index (χ0n) is 12.0. The first-order valence-electron chi connectivity index (χ1n) is 6.82. The number of rotatable bonds is 6. The molecule has 0 radical (unpaired) electrons. The molecule has 0 bridgehead atoms. The third-order valence-electron chi connectivity index (χ3n) is 3.19. The maximum absolute atomic E-state index is 12.3. The predicted molar refractivity (Wildman–Crippen MR) is 75.8 cm³/mol. The van der Waals surface area contributed by atoms with Crippen molar-refractivity contribution in [2.24, 2.45) is 0 Å². The average molecular weight is 303 g/mol. The van der Waals surface area contributed by atoms with Gasteiger partial charge in [-0.1, -0.05) is 17.3 Å². The van der Waals surface area contributed by atoms with E-state index < -0.39 is 23.5 Å². The molecule has 1 amide bonds. The van der Waals surface area contributed by atoms with E-state index in [1.807, 2.05) is 0 Å². The van der Waals surface area contributed by atoms with Crippen molar-refractivity contribution in [3.05, 3.63) is 34.6 Å². The monoisotopic (exact) mass is 303 g/mol. The number of fused-ring (bicyclic) bond motifs is 1. The maximum atomic E-state index is 12.3. The van der Waals surface area contributed by atoms with Crippen LogP contribution in [0.2, 0.25) is 0 Å². The van der Waals surface area contributed by atoms with Crippen molar-refractivity contribution < 1.29 is 14.7 Å². The second-order valence-corrected chi connectivity index (χ2v) is 4.80. The molecule has 1 heterocycles. The molecule has 1 aromatic carbocycles. The lowest BCUT2D eigenvalue weighted by atomic mass is 10.2. The second-order valence-electron chi connectivity index (χ2n) is 4.80. The number of nitrogens with zero attached hydrogens (tertiary/aromatic N) is 3. The number of carbonyl (C=O) groups excluding carboxylic acids is 2. The SMILES string of the molecule is C[C@@H](C(=O)NCCCC(=O)[O-])n1nnc2ccccc2c1=O. The predicted octanol–water partition coefficient (Wildman–Crippen LogP) is -1.00. The van der Waals surface area contributed by atoms with Crippen molar-refractivity contribution in [2.75, 3.05) is 6.54 Å². The lowest BCUT2D eigenvalue weighted by molar-refractivity contribution is -0.305. The number of aromatic nitrogens is 3. The summed E-state index contributed by atoms with van der Waals surface area (Å²) in [6, 6.07) is 5.90. The van der Waals surface area contributed by atoms with E-state index >= 15 is 0 Å². The van der Waals surface area contributed by atoms with Crippen LogP contribution >= 0.6 is 0 Å². The van der Waals surface area contributed by atoms with Crippen LogP contribution in [-0.2, 0) is 9.59 Å². The Balaban J connectivity index is 2.10. The summed E-state index contributed by atoms with van der Waals surface area (Å²) in [5.41, 5.74) is 0.0632. The fourth-order valence-electron chi connectivity index (χ4n) is 1.96. The van der Waals surface area contributed by atoms with Gasteiger partial charge in [0.1, 0.15) is 11.6 Å². The van der Waals surface area contributed by atoms with Gasteiger partial charge >= 0.3 is 0 Å². The van der Waals surface area contributed by atoms with Gasteiger partial charge in [0.2, 0.25) is 5.91 Å². The molecule has 2 aromatic rings. The van der Waals surface area contributed by atoms with Crippen LogP contribution in [0.1, 0.15) is 25.8 Å². The zero-order chi connectivity index (χ0) is 16.1. The Labute approximate surface area is 125 Å². The molecule has 2 rings (SSSR count). The standard InChI is InChI=1S/C14H16N4O4/c1-9(13(21)15-8-4-7-12(19)20)18-14(22)10-5-2-3-6-11(10)16-17-18/h2-3,5-6,9H,4,7-8H2,1H3,(H,15,21)(H,19,20)/p-1/t9-/m0/s1. The molecule has 22 heavy (non-hydrogen) atoms. The maximum Gasteiger partial charge on any atom is 0.278 e. The normalized spacial score (nSPS) is 12.0. The first-order valence-corrected chi connectivity index (χ1v) is 6.82. The number of carbonyl (C=O) groups is 2. The van der Waals surface area contributed by atoms with Crippen LogP contribution in [0.5, 0.6) is 0 Å². The minimum atomic E-state index is -1.17. The van der Waals surface area contributed by atoms with Gasteiger partial charge in [-0.2, -0.15) is 4.68 Å². The molecule has 8 heteroatoms. The van der Waals surface area contributed by atoms with E-state index in [2.05, 4.69) is 15.6 Å². The summed E-state index contributed by atoms with van der Waals surface area (Å²) >= 11 is 0. The summed E-state index contributed by atoms with van der Waals surface area (Å²) in [6.07, 6.45) is 0.128. The van der Waals surface area contributed by atoms with Crippen molar-refractivity contribution in [1.82, 2.24) is 20.3 Å². The Morgan fingerprint density at radius 3 is 2.82 bits per heavy atom. The van der Waals surface area contributed by atoms with Gasteiger partial charge in [-0.25, -0.2) is 0 Å². The highest BCUT2D eigenvalue weighted by Gasteiger charge is 2.18. The fraction of sp³-hybridized carbons (Fsp3) is 0.357. The molecule has 0 unspecified atom stereocenters. The van der Waals surface area contributed by atoms with E-state index in [0.29, 0.717) is 10.9 Å². The highest BCUT2D eigenvalue weighted by Crippen LogP contribution is 2.06. The van der Waals surface area contributed by atoms with Crippen molar-refractivity contribution in [3.8, 4) is 0 Å². The van der Waals surface area contributed by atoms with Crippen LogP contribution < -0.4 is 16.0 Å². The van der Waals surface area contributed by atoms with Crippen LogP contribution in [0.25, 0.3) is 10.9 Å². The highest BCUT2D eigenvalue weighted by atomic mass is 16.4. The number of hydrogen-bond donors (Lipinski definition) is 1. The number of hydrogen-bond acceptors (Lipinski definition) is 6. The van der Waals surface area contributed by atoms with E-state index in [4.69, 9.17) is 0 Å². The fourth-order valence-corrected chi connectivity index (χ4v) is 1.96. The molecule has 1 atom stereocenters. The molecule has 0 aliphatic carbocycles. The van der Waals surface area contributed by atoms with Gasteiger partial charge in [0.15, 0.2) is 0 Å². The van der Waals surface area contributed by atoms with Gasteiger partial charge in [-0.15, -0.1) is 5.10 Å². The summed E-state index contributed by atoms with van der Waals surface area (Å²) in [5.74, 6) is -1.59. The molecule has 1 aromatic heterocycles. The van der Waals surface area contributed by atoms with Gasteiger partial charge in [-0.05, 0) is 31.9 Å². The topological polar surface area (TPSA) is 117 Å². The Bertz CT molecular complexity index is 756. The van der Waals surface area contributed by atoms with Crippen molar-refractivity contribution >= 4 is 22.8 Å². The largest absolute Gasteiger partial charge is 0.550 e. The Hall–Kier alpha value is -2.77. The molecule has 0 spiro atoms. The Morgan fingerprint density at radius 1 is 1.36 bits per heavy atom. The van der Waals surface area contributed by atoms with Gasteiger partial charge in [0.05, 0.1) is 5.39 Å². The number of benzene rings is 1. The third-order valence-corrected chi connectivity index (χ3v) is 3.19. The molecule has 0 saturated carbocycles. The molecule has 0 aliphatic rings. The number of carboxylic acids is 1. The van der Waals surface area contributed by atoms with Crippen LogP contribution in [-0.4, -0.2) is 33.4 Å². The number of carboxylic acid groups (broad SMARTS) is 1. The summed E-state index contributed by atoms with van der Waals surface area (Å²) in [6.45, 7) is 1.71. The minimum Gasteiger partial charge on any atom is -0.550 e. The van der Waals surface area contributed by atoms with Crippen LogP contribution in [0, 0.1) is 0 Å². The quantitative estimate of drug-likeness (QED) is 0.684. The second kappa shape index (κ2) is 6.79. The van der Waals surface area contributed by atoms with E-state index in [-0.39, 0.29) is 19.4 Å². The Kier molecular flexibility index (Phi) is 4.82. The van der Waals surface area contributed by atoms with Gasteiger partial charge in [0, 0.05) is 12.5 Å². The summed E-state index contributed by atoms with van der Waals surface area (Å²) in [4.78, 5) is 34.5. The lowest BCUT2D eigenvalue weighted by Crippen LogP contribution is -2.38. The van der Waals surface area contributed by atoms with E-state index in [9.17, 15) is 19.5 Å². The van der Waals surface area contributed by atoms with E-state index in [1.165, 1.54) is 6.92 Å². The average Bonchev–Trinajstić information content (AvgIpc) is 2.51. The van der Waals surface area contributed by atoms with E-state index in [0.717, 1.165) is 4.68 Å². The minimum absolute atomic E-state index is 0.135. The first kappa shape index (κ1) is 15.6. The molecular formula is C14H15N4O4-. The highest BCUT2D eigenvalue weighted by molar-refractivity contribution is 5.81. The third kappa shape index (κ3) is 3.46. The number of aliphatic carboxylic acids is 1. The smallest absolute Gasteiger partial charge is 0.278 e. The molecule has 1 N–H and O–H groups in total. The molecule has 8 nitrogen and oxygen atoms in total. The van der Waals surface area contributed by atoms with Crippen molar-refractivity contribution in [3.63, 3.8) is 0 Å².